The fourth-order valence-corrected chi connectivity index (χ4v) is 5.90. The second-order valence-corrected chi connectivity index (χ2v) is 12.7. The molecule has 39 heavy (non-hydrogen) atoms. The van der Waals surface area contributed by atoms with Gasteiger partial charge in [-0.25, -0.2) is 27.5 Å². The second kappa shape index (κ2) is 11.8. The lowest BCUT2D eigenvalue weighted by atomic mass is 9.83. The van der Waals surface area contributed by atoms with E-state index in [1.807, 2.05) is 11.3 Å². The molecule has 1 atom stereocenters. The molecule has 1 aromatic carbocycles. The standard InChI is InChI=1S/C25H31N7O5S2/c1-30(2)39(35,36)19-6-4-18(5-7-19)28-22-21-20(8-13-27-23(21)33)32(29-22)25(9-12-26)10-14-31(15-11-25)24(34)37-16-17-38-3/h4-8,13,21H,9-11,14-17H2,1-3H3,(H,28,29). The Morgan fingerprint density at radius 2 is 2.00 bits per heavy atom. The number of amides is 2. The van der Waals surface area contributed by atoms with Crippen molar-refractivity contribution >= 4 is 51.5 Å². The zero-order chi connectivity index (χ0) is 28.2. The van der Waals surface area contributed by atoms with E-state index >= 15 is 0 Å². The predicted molar refractivity (Wildman–Crippen MR) is 148 cm³/mol. The van der Waals surface area contributed by atoms with Crippen LogP contribution in [0.15, 0.2) is 50.9 Å². The lowest BCUT2D eigenvalue weighted by Gasteiger charge is -2.47. The molecular weight excluding hydrogens is 542 g/mol. The van der Waals surface area contributed by atoms with Gasteiger partial charge in [-0.2, -0.15) is 17.0 Å². The number of fused-ring (bicyclic) bond motifs is 1. The SMILES string of the molecule is CSCCOC(=O)N1CCC(CC#N)(N2NC(=Nc3ccc(S(=O)(=O)N(C)C)cc3)C3C(=O)N=CC=C32)CC1. The van der Waals surface area contributed by atoms with Gasteiger partial charge in [-0.1, -0.05) is 0 Å². The molecule has 0 spiro atoms. The Morgan fingerprint density at radius 3 is 2.62 bits per heavy atom. The number of benzene rings is 1. The van der Waals surface area contributed by atoms with Crippen molar-refractivity contribution in [2.75, 3.05) is 45.8 Å². The largest absolute Gasteiger partial charge is 0.449 e. The van der Waals surface area contributed by atoms with Crippen LogP contribution >= 0.6 is 11.8 Å². The third kappa shape index (κ3) is 5.80. The number of hydrogen-bond acceptors (Lipinski definition) is 9. The summed E-state index contributed by atoms with van der Waals surface area (Å²) in [5.41, 5.74) is 3.65. The van der Waals surface area contributed by atoms with Crippen LogP contribution in [0.3, 0.4) is 0 Å². The van der Waals surface area contributed by atoms with Crippen molar-refractivity contribution in [1.29, 1.82) is 5.26 Å². The van der Waals surface area contributed by atoms with E-state index in [4.69, 9.17) is 4.74 Å². The highest BCUT2D eigenvalue weighted by molar-refractivity contribution is 7.98. The average molecular weight is 574 g/mol. The number of hydrazine groups is 1. The highest BCUT2D eigenvalue weighted by atomic mass is 32.2. The van der Waals surface area contributed by atoms with Crippen LogP contribution < -0.4 is 5.43 Å². The number of nitrogens with one attached hydrogen (secondary N) is 1. The fourth-order valence-electron chi connectivity index (χ4n) is 4.75. The molecule has 2 amide bonds. The van der Waals surface area contributed by atoms with Gasteiger partial charge < -0.3 is 9.64 Å². The Kier molecular flexibility index (Phi) is 8.63. The van der Waals surface area contributed by atoms with Crippen molar-refractivity contribution in [3.8, 4) is 6.07 Å². The minimum atomic E-state index is -3.59. The maximum absolute atomic E-state index is 12.9. The van der Waals surface area contributed by atoms with Gasteiger partial charge in [-0.05, 0) is 49.4 Å². The molecule has 0 aromatic heterocycles. The second-order valence-electron chi connectivity index (χ2n) is 9.52. The molecule has 12 nitrogen and oxygen atoms in total. The van der Waals surface area contributed by atoms with E-state index in [0.29, 0.717) is 49.8 Å². The number of rotatable bonds is 8. The van der Waals surface area contributed by atoms with Crippen LogP contribution in [0.5, 0.6) is 0 Å². The van der Waals surface area contributed by atoms with Crippen LogP contribution in [0.25, 0.3) is 0 Å². The van der Waals surface area contributed by atoms with Crippen LogP contribution in [-0.2, 0) is 19.6 Å². The lowest BCUT2D eigenvalue weighted by Crippen LogP contribution is -2.58. The number of allylic oxidation sites excluding steroid dienone is 1. The van der Waals surface area contributed by atoms with Gasteiger partial charge in [0.2, 0.25) is 10.0 Å². The van der Waals surface area contributed by atoms with Crippen molar-refractivity contribution in [2.24, 2.45) is 15.9 Å². The topological polar surface area (TPSA) is 148 Å². The first-order valence-corrected chi connectivity index (χ1v) is 15.2. The summed E-state index contributed by atoms with van der Waals surface area (Å²) in [5.74, 6) is -0.125. The number of nitriles is 1. The molecule has 208 valence electrons. The van der Waals surface area contributed by atoms with Gasteiger partial charge in [0.15, 0.2) is 0 Å². The Hall–Kier alpha value is -3.41. The van der Waals surface area contributed by atoms with Gasteiger partial charge in [0.05, 0.1) is 34.3 Å². The van der Waals surface area contributed by atoms with E-state index in [9.17, 15) is 23.3 Å². The number of likely N-dealkylation sites (tertiary alicyclic amines) is 1. The quantitative estimate of drug-likeness (QED) is 0.462. The first-order chi connectivity index (χ1) is 18.6. The molecule has 1 N–H and O–H groups in total. The van der Waals surface area contributed by atoms with Crippen molar-refractivity contribution in [3.63, 3.8) is 0 Å². The van der Waals surface area contributed by atoms with Gasteiger partial charge in [-0.3, -0.25) is 15.2 Å². The number of thioether (sulfide) groups is 1. The number of ether oxygens (including phenoxy) is 1. The molecule has 2 saturated heterocycles. The molecule has 3 heterocycles. The Labute approximate surface area is 232 Å². The van der Waals surface area contributed by atoms with Crippen molar-refractivity contribution < 1.29 is 22.7 Å². The highest BCUT2D eigenvalue weighted by Gasteiger charge is 2.50. The zero-order valence-corrected chi connectivity index (χ0v) is 23.7. The molecule has 1 unspecified atom stereocenters. The number of aliphatic imine (C=N–C) groups is 2. The number of piperidine rings is 1. The number of hydrogen-bond donors (Lipinski definition) is 1. The molecule has 0 radical (unpaired) electrons. The number of sulfonamides is 1. The number of carbonyl (C=O) groups is 2. The summed E-state index contributed by atoms with van der Waals surface area (Å²) in [4.78, 5) is 35.7. The van der Waals surface area contributed by atoms with Crippen LogP contribution in [0, 0.1) is 17.2 Å². The first-order valence-electron chi connectivity index (χ1n) is 12.4. The molecule has 0 bridgehead atoms. The molecule has 3 aliphatic heterocycles. The van der Waals surface area contributed by atoms with Crippen molar-refractivity contribution in [2.45, 2.75) is 29.7 Å². The summed E-state index contributed by atoms with van der Waals surface area (Å²) in [7, 11) is -0.678. The molecule has 4 rings (SSSR count). The maximum atomic E-state index is 12.9. The first kappa shape index (κ1) is 28.6. The van der Waals surface area contributed by atoms with E-state index in [1.165, 1.54) is 32.4 Å². The summed E-state index contributed by atoms with van der Waals surface area (Å²) in [6.45, 7) is 1.13. The van der Waals surface area contributed by atoms with Crippen LogP contribution in [0.1, 0.15) is 19.3 Å². The van der Waals surface area contributed by atoms with Gasteiger partial charge in [0.1, 0.15) is 18.4 Å². The number of amidine groups is 1. The highest BCUT2D eigenvalue weighted by Crippen LogP contribution is 2.40. The number of carbonyl (C=O) groups excluding carboxylic acids is 2. The normalized spacial score (nSPS) is 21.4. The lowest BCUT2D eigenvalue weighted by molar-refractivity contribution is -0.119. The van der Waals surface area contributed by atoms with Gasteiger partial charge >= 0.3 is 6.09 Å². The number of nitrogens with zero attached hydrogens (tertiary/aromatic N) is 6. The summed E-state index contributed by atoms with van der Waals surface area (Å²) < 4.78 is 31.3. The van der Waals surface area contributed by atoms with E-state index in [0.717, 1.165) is 10.1 Å². The third-order valence-corrected chi connectivity index (χ3v) is 9.36. The molecule has 14 heteroatoms. The Morgan fingerprint density at radius 1 is 1.31 bits per heavy atom. The fraction of sp³-hybridized carbons (Fsp3) is 0.480. The summed E-state index contributed by atoms with van der Waals surface area (Å²) in [6.07, 6.45) is 5.86. The van der Waals surface area contributed by atoms with E-state index < -0.39 is 27.4 Å². The van der Waals surface area contributed by atoms with Gasteiger partial charge in [0.25, 0.3) is 5.91 Å². The molecule has 1 aromatic rings. The van der Waals surface area contributed by atoms with Crippen LogP contribution in [-0.4, -0.2) is 98.0 Å². The molecular formula is C25H31N7O5S2. The van der Waals surface area contributed by atoms with Gasteiger partial charge in [-0.15, -0.1) is 0 Å². The summed E-state index contributed by atoms with van der Waals surface area (Å²) in [5, 5.41) is 11.6. The Balaban J connectivity index is 1.59. The average Bonchev–Trinajstić information content (AvgIpc) is 3.29. The summed E-state index contributed by atoms with van der Waals surface area (Å²) in [6, 6.07) is 8.34. The zero-order valence-electron chi connectivity index (χ0n) is 22.0. The van der Waals surface area contributed by atoms with Crippen molar-refractivity contribution in [1.82, 2.24) is 19.6 Å². The maximum Gasteiger partial charge on any atom is 0.409 e. The monoisotopic (exact) mass is 573 g/mol. The smallest absolute Gasteiger partial charge is 0.409 e. The minimum Gasteiger partial charge on any atom is -0.449 e. The van der Waals surface area contributed by atoms with E-state index in [1.54, 1.807) is 34.9 Å². The molecule has 0 aliphatic carbocycles. The van der Waals surface area contributed by atoms with Crippen molar-refractivity contribution in [3.05, 3.63) is 36.0 Å². The van der Waals surface area contributed by atoms with E-state index in [-0.39, 0.29) is 17.4 Å². The third-order valence-electron chi connectivity index (χ3n) is 6.96. The van der Waals surface area contributed by atoms with Crippen LogP contribution in [0.2, 0.25) is 0 Å². The molecule has 0 saturated carbocycles. The summed E-state index contributed by atoms with van der Waals surface area (Å²) >= 11 is 1.60. The number of dihydropyridines is 1. The Bertz CT molecular complexity index is 1340. The molecule has 3 aliphatic rings. The van der Waals surface area contributed by atoms with E-state index in [2.05, 4.69) is 21.5 Å². The van der Waals surface area contributed by atoms with Crippen LogP contribution in [0.4, 0.5) is 10.5 Å². The minimum absolute atomic E-state index is 0.128. The predicted octanol–water partition coefficient (Wildman–Crippen LogP) is 2.15. The van der Waals surface area contributed by atoms with Gasteiger partial charge in [0, 0.05) is 39.2 Å². The molecule has 2 fully saturated rings.